The monoisotopic (exact) mass is 354 g/mol. The van der Waals surface area contributed by atoms with E-state index in [-0.39, 0.29) is 12.0 Å². The van der Waals surface area contributed by atoms with Gasteiger partial charge >= 0.3 is 6.09 Å². The maximum absolute atomic E-state index is 11.9. The van der Waals surface area contributed by atoms with E-state index in [1.54, 1.807) is 11.0 Å². The molecule has 0 aromatic carbocycles. The number of hydrogen-bond acceptors (Lipinski definition) is 6. The molecule has 24 heavy (non-hydrogen) atoms. The van der Waals surface area contributed by atoms with Crippen LogP contribution in [-0.2, 0) is 14.8 Å². The van der Waals surface area contributed by atoms with Crippen LogP contribution in [0.3, 0.4) is 0 Å². The zero-order valence-electron chi connectivity index (χ0n) is 14.1. The number of hydrogen-bond donors (Lipinski definition) is 0. The highest BCUT2D eigenvalue weighted by atomic mass is 32.2. The van der Waals surface area contributed by atoms with Gasteiger partial charge in [-0.1, -0.05) is 0 Å². The molecule has 2 saturated heterocycles. The van der Waals surface area contributed by atoms with Crippen molar-refractivity contribution in [1.29, 1.82) is 0 Å². The lowest BCUT2D eigenvalue weighted by atomic mass is 9.97. The molecule has 0 spiro atoms. The number of aryl methyl sites for hydroxylation is 1. The lowest BCUT2D eigenvalue weighted by Gasteiger charge is -2.30. The topological polar surface area (TPSA) is 92.7 Å². The number of rotatable bonds is 3. The number of cyclic esters (lactones) is 1. The Hall–Kier alpha value is -1.74. The van der Waals surface area contributed by atoms with E-state index in [4.69, 9.17) is 4.74 Å². The number of sulfonamides is 1. The molecule has 132 valence electrons. The van der Waals surface area contributed by atoms with Gasteiger partial charge in [0.05, 0.1) is 12.3 Å². The number of anilines is 1. The summed E-state index contributed by atoms with van der Waals surface area (Å²) in [4.78, 5) is 22.5. The number of nitrogens with zero attached hydrogens (tertiary/aromatic N) is 4. The van der Waals surface area contributed by atoms with Gasteiger partial charge in [-0.25, -0.2) is 27.5 Å². The predicted molar refractivity (Wildman–Crippen MR) is 88.4 cm³/mol. The third kappa shape index (κ3) is 3.36. The van der Waals surface area contributed by atoms with E-state index < -0.39 is 16.1 Å². The van der Waals surface area contributed by atoms with Crippen LogP contribution in [0.5, 0.6) is 0 Å². The van der Waals surface area contributed by atoms with E-state index in [0.717, 1.165) is 5.69 Å². The molecule has 0 bridgehead atoms. The minimum Gasteiger partial charge on any atom is -0.447 e. The fourth-order valence-electron chi connectivity index (χ4n) is 3.16. The van der Waals surface area contributed by atoms with Gasteiger partial charge in [-0.05, 0) is 26.7 Å². The predicted octanol–water partition coefficient (Wildman–Crippen LogP) is 1.27. The Balaban J connectivity index is 1.81. The molecule has 9 heteroatoms. The van der Waals surface area contributed by atoms with Crippen LogP contribution in [0.1, 0.15) is 37.2 Å². The van der Waals surface area contributed by atoms with E-state index in [0.29, 0.717) is 44.2 Å². The van der Waals surface area contributed by atoms with Crippen molar-refractivity contribution in [2.24, 2.45) is 0 Å². The molecule has 1 atom stereocenters. The van der Waals surface area contributed by atoms with Crippen LogP contribution in [0.15, 0.2) is 6.07 Å². The highest BCUT2D eigenvalue weighted by Gasteiger charge is 2.33. The van der Waals surface area contributed by atoms with Gasteiger partial charge in [-0.2, -0.15) is 0 Å². The highest BCUT2D eigenvalue weighted by Crippen LogP contribution is 2.29. The SMILES string of the molecule is Cc1cc(N2C(=O)OC[C@H]2C)nc(C2CCN(S(C)(=O)=O)CC2)n1. The van der Waals surface area contributed by atoms with Gasteiger partial charge in [0.25, 0.3) is 0 Å². The molecule has 1 aromatic rings. The van der Waals surface area contributed by atoms with E-state index >= 15 is 0 Å². The first-order valence-corrected chi connectivity index (χ1v) is 9.87. The van der Waals surface area contributed by atoms with Gasteiger partial charge in [0.2, 0.25) is 10.0 Å². The minimum atomic E-state index is -3.15. The summed E-state index contributed by atoms with van der Waals surface area (Å²) in [5.74, 6) is 1.32. The van der Waals surface area contributed by atoms with Gasteiger partial charge in [0.1, 0.15) is 18.2 Å². The standard InChI is InChI=1S/C15H22N4O4S/c1-10-8-13(19-11(2)9-23-15(19)20)17-14(16-10)12-4-6-18(7-5-12)24(3,21)22/h8,11-12H,4-7,9H2,1-3H3/t11-/m1/s1. The average molecular weight is 354 g/mol. The Morgan fingerprint density at radius 3 is 2.46 bits per heavy atom. The maximum atomic E-state index is 11.9. The van der Waals surface area contributed by atoms with Crippen molar-refractivity contribution in [2.45, 2.75) is 38.6 Å². The second-order valence-electron chi connectivity index (χ2n) is 6.46. The zero-order valence-corrected chi connectivity index (χ0v) is 14.9. The third-order valence-electron chi connectivity index (χ3n) is 4.48. The summed E-state index contributed by atoms with van der Waals surface area (Å²) in [5, 5.41) is 0. The van der Waals surface area contributed by atoms with Crippen LogP contribution in [0.25, 0.3) is 0 Å². The Bertz CT molecular complexity index is 744. The van der Waals surface area contributed by atoms with E-state index in [1.807, 2.05) is 13.8 Å². The summed E-state index contributed by atoms with van der Waals surface area (Å²) in [6.45, 7) is 5.07. The number of piperidine rings is 1. The highest BCUT2D eigenvalue weighted by molar-refractivity contribution is 7.88. The van der Waals surface area contributed by atoms with Crippen LogP contribution in [-0.4, -0.2) is 60.8 Å². The van der Waals surface area contributed by atoms with Gasteiger partial charge in [-0.15, -0.1) is 0 Å². The molecular weight excluding hydrogens is 332 g/mol. The number of aromatic nitrogens is 2. The Morgan fingerprint density at radius 1 is 1.25 bits per heavy atom. The minimum absolute atomic E-state index is 0.0632. The second kappa shape index (κ2) is 6.29. The lowest BCUT2D eigenvalue weighted by molar-refractivity contribution is 0.179. The molecule has 0 unspecified atom stereocenters. The first-order chi connectivity index (χ1) is 11.3. The van der Waals surface area contributed by atoms with Crippen molar-refractivity contribution in [3.8, 4) is 0 Å². The Labute approximate surface area is 141 Å². The summed E-state index contributed by atoms with van der Waals surface area (Å²) >= 11 is 0. The summed E-state index contributed by atoms with van der Waals surface area (Å²) in [6.07, 6.45) is 2.19. The Kier molecular flexibility index (Phi) is 4.48. The molecule has 3 heterocycles. The average Bonchev–Trinajstić information content (AvgIpc) is 2.85. The van der Waals surface area contributed by atoms with Crippen molar-refractivity contribution < 1.29 is 17.9 Å². The molecule has 0 radical (unpaired) electrons. The molecule has 1 amide bonds. The second-order valence-corrected chi connectivity index (χ2v) is 8.44. The molecule has 2 fully saturated rings. The fraction of sp³-hybridized carbons (Fsp3) is 0.667. The lowest BCUT2D eigenvalue weighted by Crippen LogP contribution is -2.37. The van der Waals surface area contributed by atoms with E-state index in [2.05, 4.69) is 9.97 Å². The van der Waals surface area contributed by atoms with Crippen LogP contribution >= 0.6 is 0 Å². The van der Waals surface area contributed by atoms with Crippen LogP contribution in [0.4, 0.5) is 10.6 Å². The smallest absolute Gasteiger partial charge is 0.415 e. The van der Waals surface area contributed by atoms with Gasteiger partial charge in [-0.3, -0.25) is 4.90 Å². The van der Waals surface area contributed by atoms with Crippen LogP contribution in [0.2, 0.25) is 0 Å². The number of amides is 1. The zero-order chi connectivity index (χ0) is 17.5. The molecule has 0 saturated carbocycles. The molecule has 0 aliphatic carbocycles. The summed E-state index contributed by atoms with van der Waals surface area (Å²) in [5.41, 5.74) is 0.785. The third-order valence-corrected chi connectivity index (χ3v) is 5.78. The first-order valence-electron chi connectivity index (χ1n) is 8.02. The van der Waals surface area contributed by atoms with Gasteiger partial charge in [0.15, 0.2) is 0 Å². The number of carbonyl (C=O) groups excluding carboxylic acids is 1. The fourth-order valence-corrected chi connectivity index (χ4v) is 4.04. The van der Waals surface area contributed by atoms with E-state index in [9.17, 15) is 13.2 Å². The summed E-state index contributed by atoms with van der Waals surface area (Å²) in [7, 11) is -3.15. The van der Waals surface area contributed by atoms with Crippen molar-refractivity contribution in [3.05, 3.63) is 17.6 Å². The largest absolute Gasteiger partial charge is 0.447 e. The summed E-state index contributed by atoms with van der Waals surface area (Å²) in [6, 6.07) is 1.71. The molecule has 1 aromatic heterocycles. The molecule has 2 aliphatic rings. The van der Waals surface area contributed by atoms with Crippen molar-refractivity contribution in [2.75, 3.05) is 30.9 Å². The van der Waals surface area contributed by atoms with Gasteiger partial charge < -0.3 is 4.74 Å². The quantitative estimate of drug-likeness (QED) is 0.811. The van der Waals surface area contributed by atoms with Crippen molar-refractivity contribution in [1.82, 2.24) is 14.3 Å². The number of carbonyl (C=O) groups is 1. The molecule has 8 nitrogen and oxygen atoms in total. The molecule has 2 aliphatic heterocycles. The van der Waals surface area contributed by atoms with Crippen molar-refractivity contribution in [3.63, 3.8) is 0 Å². The van der Waals surface area contributed by atoms with Gasteiger partial charge in [0, 0.05) is 30.8 Å². The molecule has 3 rings (SSSR count). The molecule has 0 N–H and O–H groups in total. The van der Waals surface area contributed by atoms with Crippen LogP contribution < -0.4 is 4.90 Å². The van der Waals surface area contributed by atoms with E-state index in [1.165, 1.54) is 10.6 Å². The molecular formula is C15H22N4O4S. The Morgan fingerprint density at radius 2 is 1.92 bits per heavy atom. The maximum Gasteiger partial charge on any atom is 0.415 e. The number of ether oxygens (including phenoxy) is 1. The first kappa shape index (κ1) is 17.1. The van der Waals surface area contributed by atoms with Crippen LogP contribution in [0, 0.1) is 6.92 Å². The van der Waals surface area contributed by atoms with Crippen molar-refractivity contribution >= 4 is 21.9 Å². The normalized spacial score (nSPS) is 23.5. The summed E-state index contributed by atoms with van der Waals surface area (Å²) < 4.78 is 29.8.